The highest BCUT2D eigenvalue weighted by atomic mass is 32.2. The van der Waals surface area contributed by atoms with Gasteiger partial charge in [0.15, 0.2) is 18.1 Å². The standard InChI is InChI=1S/C19H21NO3S/c1-13-7-8-16(17(11-13)22-2)23-12-19(21)20-15-9-10-24-18-6-4-3-5-14(15)18/h3-8,11,15H,9-10,12H2,1-2H3,(H,20,21)/t15-/m1/s1. The zero-order chi connectivity index (χ0) is 16.9. The molecule has 1 aliphatic rings. The number of aryl methyl sites for hydroxylation is 1. The zero-order valence-electron chi connectivity index (χ0n) is 13.9. The zero-order valence-corrected chi connectivity index (χ0v) is 14.7. The maximum Gasteiger partial charge on any atom is 0.258 e. The van der Waals surface area contributed by atoms with Gasteiger partial charge in [0.2, 0.25) is 0 Å². The van der Waals surface area contributed by atoms with Crippen molar-refractivity contribution >= 4 is 17.7 Å². The lowest BCUT2D eigenvalue weighted by Crippen LogP contribution is -2.34. The minimum atomic E-state index is -0.121. The van der Waals surface area contributed by atoms with Crippen LogP contribution in [0.2, 0.25) is 0 Å². The smallest absolute Gasteiger partial charge is 0.258 e. The molecular formula is C19H21NO3S. The number of nitrogens with one attached hydrogen (secondary N) is 1. The van der Waals surface area contributed by atoms with E-state index in [1.165, 1.54) is 10.5 Å². The van der Waals surface area contributed by atoms with Crippen LogP contribution in [0.15, 0.2) is 47.4 Å². The Bertz CT molecular complexity index is 732. The van der Waals surface area contributed by atoms with Crippen LogP contribution in [0.3, 0.4) is 0 Å². The van der Waals surface area contributed by atoms with Crippen molar-refractivity contribution in [3.05, 3.63) is 53.6 Å². The second kappa shape index (κ2) is 7.62. The number of carbonyl (C=O) groups excluding carboxylic acids is 1. The van der Waals surface area contributed by atoms with E-state index in [2.05, 4.69) is 17.4 Å². The van der Waals surface area contributed by atoms with Crippen molar-refractivity contribution in [1.82, 2.24) is 5.32 Å². The molecular weight excluding hydrogens is 322 g/mol. The van der Waals surface area contributed by atoms with E-state index >= 15 is 0 Å². The first-order valence-corrected chi connectivity index (χ1v) is 8.94. The van der Waals surface area contributed by atoms with Gasteiger partial charge in [-0.3, -0.25) is 4.79 Å². The molecule has 4 nitrogen and oxygen atoms in total. The highest BCUT2D eigenvalue weighted by Crippen LogP contribution is 2.35. The number of fused-ring (bicyclic) bond motifs is 1. The molecule has 0 aliphatic carbocycles. The number of rotatable bonds is 5. The quantitative estimate of drug-likeness (QED) is 0.898. The fourth-order valence-corrected chi connectivity index (χ4v) is 3.89. The van der Waals surface area contributed by atoms with E-state index in [9.17, 15) is 4.79 Å². The van der Waals surface area contributed by atoms with E-state index in [1.807, 2.05) is 49.0 Å². The lowest BCUT2D eigenvalue weighted by atomic mass is 10.0. The fraction of sp³-hybridized carbons (Fsp3) is 0.316. The summed E-state index contributed by atoms with van der Waals surface area (Å²) in [6, 6.07) is 13.9. The third-order valence-electron chi connectivity index (χ3n) is 3.97. The highest BCUT2D eigenvalue weighted by molar-refractivity contribution is 7.99. The van der Waals surface area contributed by atoms with Crippen LogP contribution in [0.5, 0.6) is 11.5 Å². The third kappa shape index (κ3) is 3.85. The predicted molar refractivity (Wildman–Crippen MR) is 95.9 cm³/mol. The van der Waals surface area contributed by atoms with Gasteiger partial charge >= 0.3 is 0 Å². The van der Waals surface area contributed by atoms with Crippen molar-refractivity contribution in [3.8, 4) is 11.5 Å². The Morgan fingerprint density at radius 2 is 2.08 bits per heavy atom. The molecule has 0 spiro atoms. The molecule has 5 heteroatoms. The van der Waals surface area contributed by atoms with Gasteiger partial charge in [-0.25, -0.2) is 0 Å². The molecule has 3 rings (SSSR count). The lowest BCUT2D eigenvalue weighted by Gasteiger charge is -2.25. The van der Waals surface area contributed by atoms with Crippen molar-refractivity contribution in [2.75, 3.05) is 19.5 Å². The first-order valence-electron chi connectivity index (χ1n) is 7.96. The van der Waals surface area contributed by atoms with Gasteiger partial charge in [0, 0.05) is 10.6 Å². The predicted octanol–water partition coefficient (Wildman–Crippen LogP) is 3.74. The first-order chi connectivity index (χ1) is 11.7. The number of hydrogen-bond acceptors (Lipinski definition) is 4. The summed E-state index contributed by atoms with van der Waals surface area (Å²) in [4.78, 5) is 13.5. The van der Waals surface area contributed by atoms with Gasteiger partial charge in [-0.05, 0) is 42.7 Å². The number of methoxy groups -OCH3 is 1. The summed E-state index contributed by atoms with van der Waals surface area (Å²) in [5, 5.41) is 3.08. The summed E-state index contributed by atoms with van der Waals surface area (Å²) in [6.45, 7) is 1.96. The van der Waals surface area contributed by atoms with E-state index in [-0.39, 0.29) is 18.6 Å². The molecule has 2 aromatic carbocycles. The van der Waals surface area contributed by atoms with Crippen LogP contribution in [-0.4, -0.2) is 25.4 Å². The monoisotopic (exact) mass is 343 g/mol. The van der Waals surface area contributed by atoms with Gasteiger partial charge in [0.05, 0.1) is 13.2 Å². The Balaban J connectivity index is 1.61. The average molecular weight is 343 g/mol. The van der Waals surface area contributed by atoms with Crippen molar-refractivity contribution in [1.29, 1.82) is 0 Å². The lowest BCUT2D eigenvalue weighted by molar-refractivity contribution is -0.123. The van der Waals surface area contributed by atoms with Gasteiger partial charge < -0.3 is 14.8 Å². The molecule has 1 atom stereocenters. The Morgan fingerprint density at radius 3 is 2.92 bits per heavy atom. The van der Waals surface area contributed by atoms with Crippen molar-refractivity contribution < 1.29 is 14.3 Å². The maximum atomic E-state index is 12.3. The molecule has 0 radical (unpaired) electrons. The van der Waals surface area contributed by atoms with Crippen LogP contribution in [0.25, 0.3) is 0 Å². The minimum Gasteiger partial charge on any atom is -0.493 e. The van der Waals surface area contributed by atoms with E-state index in [4.69, 9.17) is 9.47 Å². The van der Waals surface area contributed by atoms with Gasteiger partial charge in [-0.1, -0.05) is 24.3 Å². The number of benzene rings is 2. The topological polar surface area (TPSA) is 47.6 Å². The van der Waals surface area contributed by atoms with E-state index in [1.54, 1.807) is 7.11 Å². The van der Waals surface area contributed by atoms with Crippen LogP contribution in [0.4, 0.5) is 0 Å². The van der Waals surface area contributed by atoms with E-state index in [0.717, 1.165) is 17.7 Å². The summed E-state index contributed by atoms with van der Waals surface area (Å²) < 4.78 is 10.9. The van der Waals surface area contributed by atoms with Gasteiger partial charge in [-0.15, -0.1) is 11.8 Å². The van der Waals surface area contributed by atoms with Gasteiger partial charge in [0.1, 0.15) is 0 Å². The van der Waals surface area contributed by atoms with Crippen LogP contribution < -0.4 is 14.8 Å². The highest BCUT2D eigenvalue weighted by Gasteiger charge is 2.22. The fourth-order valence-electron chi connectivity index (χ4n) is 2.77. The summed E-state index contributed by atoms with van der Waals surface area (Å²) >= 11 is 1.84. The van der Waals surface area contributed by atoms with Crippen LogP contribution in [0, 0.1) is 6.92 Å². The summed E-state index contributed by atoms with van der Waals surface area (Å²) in [7, 11) is 1.60. The van der Waals surface area contributed by atoms with Crippen LogP contribution in [0.1, 0.15) is 23.6 Å². The molecule has 1 amide bonds. The van der Waals surface area contributed by atoms with Gasteiger partial charge in [-0.2, -0.15) is 0 Å². The normalized spacial score (nSPS) is 16.2. The average Bonchev–Trinajstić information content (AvgIpc) is 2.61. The van der Waals surface area contributed by atoms with Crippen LogP contribution >= 0.6 is 11.8 Å². The van der Waals surface area contributed by atoms with Gasteiger partial charge in [0.25, 0.3) is 5.91 Å². The van der Waals surface area contributed by atoms with Crippen molar-refractivity contribution in [2.24, 2.45) is 0 Å². The molecule has 0 saturated heterocycles. The van der Waals surface area contributed by atoms with E-state index < -0.39 is 0 Å². The van der Waals surface area contributed by atoms with Crippen molar-refractivity contribution in [3.63, 3.8) is 0 Å². The molecule has 1 N–H and O–H groups in total. The number of carbonyl (C=O) groups is 1. The third-order valence-corrected chi connectivity index (χ3v) is 5.09. The molecule has 1 aliphatic heterocycles. The number of thioether (sulfide) groups is 1. The largest absolute Gasteiger partial charge is 0.493 e. The Hall–Kier alpha value is -2.14. The first kappa shape index (κ1) is 16.7. The number of amides is 1. The molecule has 0 bridgehead atoms. The second-order valence-corrected chi connectivity index (χ2v) is 6.87. The molecule has 0 aromatic heterocycles. The summed E-state index contributed by atoms with van der Waals surface area (Å²) in [5.41, 5.74) is 2.27. The van der Waals surface area contributed by atoms with Crippen LogP contribution in [-0.2, 0) is 4.79 Å². The van der Waals surface area contributed by atoms with E-state index in [0.29, 0.717) is 11.5 Å². The second-order valence-electron chi connectivity index (χ2n) is 5.74. The summed E-state index contributed by atoms with van der Waals surface area (Å²) in [6.07, 6.45) is 0.932. The van der Waals surface area contributed by atoms with Crippen molar-refractivity contribution in [2.45, 2.75) is 24.3 Å². The summed E-state index contributed by atoms with van der Waals surface area (Å²) in [5.74, 6) is 2.11. The molecule has 0 saturated carbocycles. The number of hydrogen-bond donors (Lipinski definition) is 1. The Labute approximate surface area is 146 Å². The Morgan fingerprint density at radius 1 is 1.25 bits per heavy atom. The molecule has 2 aromatic rings. The number of ether oxygens (including phenoxy) is 2. The maximum absolute atomic E-state index is 12.3. The SMILES string of the molecule is COc1cc(C)ccc1OCC(=O)N[C@@H]1CCSc2ccccc21. The molecule has 126 valence electrons. The molecule has 0 fully saturated rings. The Kier molecular flexibility index (Phi) is 5.30. The molecule has 1 heterocycles. The molecule has 24 heavy (non-hydrogen) atoms. The minimum absolute atomic E-state index is 0.0226. The molecule has 0 unspecified atom stereocenters.